The van der Waals surface area contributed by atoms with Crippen LogP contribution in [0.15, 0.2) is 102 Å². The van der Waals surface area contributed by atoms with Gasteiger partial charge in [0.15, 0.2) is 6.10 Å². The molecule has 3 heterocycles. The van der Waals surface area contributed by atoms with E-state index in [0.717, 1.165) is 49.3 Å². The lowest BCUT2D eigenvalue weighted by Crippen LogP contribution is -2.52. The zero-order valence-corrected chi connectivity index (χ0v) is 44.9. The fourth-order valence-electron chi connectivity index (χ4n) is 7.90. The Balaban J connectivity index is 1.75. The number of hydrogen-bond acceptors (Lipinski definition) is 18. The van der Waals surface area contributed by atoms with E-state index in [2.05, 4.69) is 52.7 Å². The number of nitrogen functional groups attached to an aromatic ring is 1. The van der Waals surface area contributed by atoms with Crippen LogP contribution in [0.5, 0.6) is 0 Å². The fourth-order valence-corrected chi connectivity index (χ4v) is 10.0. The first-order valence-electron chi connectivity index (χ1n) is 25.9. The first-order chi connectivity index (χ1) is 35.9. The highest BCUT2D eigenvalue weighted by molar-refractivity contribution is 7.61. The van der Waals surface area contributed by atoms with Crippen LogP contribution in [-0.2, 0) is 46.3 Å². The number of aliphatic hydroxyl groups is 5. The third-order valence-corrected chi connectivity index (χ3v) is 14.6. The zero-order valence-electron chi connectivity index (χ0n) is 43.1. The molecule has 0 aliphatic carbocycles. The summed E-state index contributed by atoms with van der Waals surface area (Å²) in [6, 6.07) is 1.21. The van der Waals surface area contributed by atoms with E-state index in [4.69, 9.17) is 29.0 Å². The van der Waals surface area contributed by atoms with Crippen molar-refractivity contribution < 1.29 is 81.6 Å². The summed E-state index contributed by atoms with van der Waals surface area (Å²) >= 11 is 0. The lowest BCUT2D eigenvalue weighted by atomic mass is 9.82. The highest BCUT2D eigenvalue weighted by Gasteiger charge is 2.45. The number of ether oxygens (including phenoxy) is 3. The van der Waals surface area contributed by atoms with Crippen LogP contribution in [0.25, 0.3) is 0 Å². The standard InChI is InChI=1S/C52H81N3O18P2/c1-3-5-7-8-9-10-11-12-13-14-15-16-17-18-19-20-21-22-24-29-47(59)68-36-40-37-69-74(64,65)73-75(66,67)70-38-45-50(62)49(61)41(32-31-39(56)27-23-6-4-2)43(57)35-44(58)42(28-25-26-30-48(60)71-40)51(72-45)55-34-33-46(53)54-52(55)63/h9-10,12-13,15-16,18-19,21-22,25-26,31-34,39-45,49-51,56-58,61-62H,3-8,11,14,17,20,23-24,27-30,35-38H2,1-2H3,(H,64,65)(H,66,67)(H2,53,54,63)/b10-9-,13-12-,16-15-,19-18-,22-21-,26-25-,32-31?/t39-,40-,41+,42-,43-,44+,45-,49+,50-,51-/m1/s1. The van der Waals surface area contributed by atoms with E-state index in [-0.39, 0.29) is 18.7 Å². The zero-order chi connectivity index (χ0) is 55.1. The second-order valence-corrected chi connectivity index (χ2v) is 21.3. The number of unbranched alkanes of at least 4 members (excludes halogenated alkanes) is 5. The summed E-state index contributed by atoms with van der Waals surface area (Å²) in [7, 11) is -11.3. The lowest BCUT2D eigenvalue weighted by molar-refractivity contribution is -0.194. The number of nitrogens with zero attached hydrogens (tertiary/aromatic N) is 2. The predicted octanol–water partition coefficient (Wildman–Crippen LogP) is 7.04. The smallest absolute Gasteiger partial charge is 0.462 e. The third-order valence-electron chi connectivity index (χ3n) is 12.0. The Morgan fingerprint density at radius 3 is 2.05 bits per heavy atom. The van der Waals surface area contributed by atoms with Crippen LogP contribution in [0, 0.1) is 11.8 Å². The normalized spacial score (nSPS) is 30.1. The largest absolute Gasteiger partial charge is 0.481 e. The molecule has 1 aromatic rings. The lowest BCUT2D eigenvalue weighted by Gasteiger charge is -2.40. The van der Waals surface area contributed by atoms with Crippen LogP contribution in [0.3, 0.4) is 0 Å². The Morgan fingerprint density at radius 1 is 0.827 bits per heavy atom. The van der Waals surface area contributed by atoms with Crippen LogP contribution in [0.4, 0.5) is 5.82 Å². The number of fused-ring (bicyclic) bond motifs is 3. The molecular weight excluding hydrogens is 1020 g/mol. The molecule has 422 valence electrons. The van der Waals surface area contributed by atoms with Gasteiger partial charge >= 0.3 is 33.3 Å². The first kappa shape index (κ1) is 65.1. The molecule has 3 rings (SSSR count). The average molecular weight is 1100 g/mol. The SMILES string of the molecule is CCCCC/C=C\C/C=C\C/C=C\C/C=C\C/C=C\CCC(=O)OC[C@@H]1COP(=O)(O)OP(=O)(O)OC[C@H]2O[C@@H](n3ccc(N)nc3=O)[C@H](C/C=C\CC(=O)O1)[C@@H](O)C[C@@H](O)[C@H](C=C[C@H](O)CCCCC)[C@H](O)[C@@H]2O. The Labute approximate surface area is 440 Å². The van der Waals surface area contributed by atoms with Gasteiger partial charge in [0.2, 0.25) is 0 Å². The van der Waals surface area contributed by atoms with Crippen LogP contribution in [0.2, 0.25) is 0 Å². The molecule has 2 unspecified atom stereocenters. The molecule has 0 saturated carbocycles. The maximum Gasteiger partial charge on any atom is 0.481 e. The highest BCUT2D eigenvalue weighted by atomic mass is 31.3. The van der Waals surface area contributed by atoms with E-state index in [1.54, 1.807) is 6.08 Å². The molecule has 1 fully saturated rings. The van der Waals surface area contributed by atoms with Gasteiger partial charge in [0, 0.05) is 30.9 Å². The highest BCUT2D eigenvalue weighted by Crippen LogP contribution is 2.60. The second kappa shape index (κ2) is 36.0. The summed E-state index contributed by atoms with van der Waals surface area (Å²) in [5.41, 5.74) is 4.72. The van der Waals surface area contributed by atoms with Gasteiger partial charge in [-0.1, -0.05) is 131 Å². The molecule has 23 heteroatoms. The number of carbonyl (C=O) groups excluding carboxylic acids is 2. The molecule has 21 nitrogen and oxygen atoms in total. The second-order valence-electron chi connectivity index (χ2n) is 18.3. The van der Waals surface area contributed by atoms with Gasteiger partial charge in [-0.25, -0.2) is 13.9 Å². The molecule has 75 heavy (non-hydrogen) atoms. The van der Waals surface area contributed by atoms with Crippen molar-refractivity contribution in [3.8, 4) is 0 Å². The summed E-state index contributed by atoms with van der Waals surface area (Å²) in [4.78, 5) is 64.1. The molecule has 0 aromatic carbocycles. The Hall–Kier alpha value is -4.18. The molecule has 9 N–H and O–H groups in total. The minimum absolute atomic E-state index is 0.0678. The van der Waals surface area contributed by atoms with Crippen molar-refractivity contribution in [1.82, 2.24) is 9.55 Å². The van der Waals surface area contributed by atoms with Crippen LogP contribution < -0.4 is 11.4 Å². The van der Waals surface area contributed by atoms with Gasteiger partial charge in [0.05, 0.1) is 44.1 Å². The van der Waals surface area contributed by atoms with Crippen LogP contribution in [0.1, 0.15) is 129 Å². The van der Waals surface area contributed by atoms with Crippen LogP contribution in [-0.4, -0.2) is 119 Å². The molecule has 0 amide bonds. The number of rotatable bonds is 24. The van der Waals surface area contributed by atoms with Gasteiger partial charge < -0.3 is 55.3 Å². The number of allylic oxidation sites excluding steroid dienone is 11. The van der Waals surface area contributed by atoms with Gasteiger partial charge in [-0.05, 0) is 63.9 Å². The maximum absolute atomic E-state index is 13.3. The summed E-state index contributed by atoms with van der Waals surface area (Å²) < 4.78 is 58.5. The maximum atomic E-state index is 13.3. The quantitative estimate of drug-likeness (QED) is 0.0223. The number of nitrogens with two attached hydrogens (primary N) is 1. The van der Waals surface area contributed by atoms with Gasteiger partial charge in [-0.15, -0.1) is 0 Å². The van der Waals surface area contributed by atoms with Crippen molar-refractivity contribution in [3.05, 3.63) is 108 Å². The Kier molecular flexibility index (Phi) is 31.3. The monoisotopic (exact) mass is 1100 g/mol. The number of esters is 2. The molecule has 12 atom stereocenters. The third kappa shape index (κ3) is 26.6. The van der Waals surface area contributed by atoms with Crippen LogP contribution >= 0.6 is 15.6 Å². The van der Waals surface area contributed by atoms with Crippen molar-refractivity contribution in [2.75, 3.05) is 25.6 Å². The van der Waals surface area contributed by atoms with E-state index in [1.807, 2.05) is 25.2 Å². The van der Waals surface area contributed by atoms with Crippen molar-refractivity contribution in [3.63, 3.8) is 0 Å². The topological polar surface area (TPSA) is 326 Å². The van der Waals surface area contributed by atoms with E-state index < -0.39 is 127 Å². The van der Waals surface area contributed by atoms with E-state index in [9.17, 15) is 58.8 Å². The fraction of sp³-hybridized carbons (Fsp3) is 0.615. The number of phosphoric acid groups is 2. The summed E-state index contributed by atoms with van der Waals surface area (Å²) in [6.45, 7) is 1.33. The molecular formula is C52H81N3O18P2. The molecule has 2 aliphatic heterocycles. The molecule has 1 saturated heterocycles. The Morgan fingerprint density at radius 2 is 1.43 bits per heavy atom. The number of anilines is 1. The van der Waals surface area contributed by atoms with Gasteiger partial charge in [-0.2, -0.15) is 9.29 Å². The minimum atomic E-state index is -5.71. The Bertz CT molecular complexity index is 2210. The van der Waals surface area contributed by atoms with E-state index in [1.165, 1.54) is 49.6 Å². The van der Waals surface area contributed by atoms with Crippen molar-refractivity contribution in [1.29, 1.82) is 0 Å². The van der Waals surface area contributed by atoms with E-state index in [0.29, 0.717) is 25.7 Å². The van der Waals surface area contributed by atoms with Gasteiger partial charge in [-0.3, -0.25) is 23.2 Å². The predicted molar refractivity (Wildman–Crippen MR) is 281 cm³/mol. The number of aliphatic hydroxyl groups excluding tert-OH is 5. The van der Waals surface area contributed by atoms with E-state index >= 15 is 0 Å². The van der Waals surface area contributed by atoms with Crippen molar-refractivity contribution >= 4 is 33.4 Å². The molecule has 1 aromatic heterocycles. The number of cyclic esters (lactones) is 1. The molecule has 0 radical (unpaired) electrons. The number of hydrogen-bond donors (Lipinski definition) is 8. The van der Waals surface area contributed by atoms with Crippen molar-refractivity contribution in [2.45, 2.75) is 172 Å². The summed E-state index contributed by atoms with van der Waals surface area (Å²) in [5, 5.41) is 57.3. The molecule has 0 spiro atoms. The number of aromatic nitrogens is 2. The minimum Gasteiger partial charge on any atom is -0.462 e. The summed E-state index contributed by atoms with van der Waals surface area (Å²) in [5.74, 6) is -4.55. The number of phosphoric ester groups is 2. The molecule has 2 aliphatic rings. The van der Waals surface area contributed by atoms with Gasteiger partial charge in [0.1, 0.15) is 30.9 Å². The molecule has 2 bridgehead atoms. The number of carbonyl (C=O) groups is 2. The van der Waals surface area contributed by atoms with Gasteiger partial charge in [0.25, 0.3) is 0 Å². The average Bonchev–Trinajstić information content (AvgIpc) is 3.35. The first-order valence-corrected chi connectivity index (χ1v) is 28.8. The van der Waals surface area contributed by atoms with Crippen molar-refractivity contribution in [2.24, 2.45) is 11.8 Å². The summed E-state index contributed by atoms with van der Waals surface area (Å²) in [6.07, 6.45) is 23.4.